The van der Waals surface area contributed by atoms with E-state index in [1.165, 1.54) is 10.8 Å². The van der Waals surface area contributed by atoms with Crippen molar-refractivity contribution in [3.05, 3.63) is 164 Å². The van der Waals surface area contributed by atoms with Crippen LogP contribution in [0.1, 0.15) is 0 Å². The first-order valence-electron chi connectivity index (χ1n) is 17.0. The summed E-state index contributed by atoms with van der Waals surface area (Å²) in [5.74, 6) is 1.75. The van der Waals surface area contributed by atoms with Crippen molar-refractivity contribution in [1.82, 2.24) is 24.1 Å². The molecule has 0 unspecified atom stereocenters. The minimum Gasteiger partial charge on any atom is -0.456 e. The number of benzene rings is 7. The average Bonchev–Trinajstić information content (AvgIpc) is 3.86. The molecule has 0 atom stereocenters. The van der Waals surface area contributed by atoms with Gasteiger partial charge in [0, 0.05) is 43.7 Å². The Bertz CT molecular complexity index is 3140. The molecule has 238 valence electrons. The Balaban J connectivity index is 1.24. The topological polar surface area (TPSA) is 61.7 Å². The lowest BCUT2D eigenvalue weighted by atomic mass is 10.1. The van der Waals surface area contributed by atoms with Crippen molar-refractivity contribution in [2.45, 2.75) is 0 Å². The molecule has 0 aliphatic rings. The summed E-state index contributed by atoms with van der Waals surface area (Å²) in [5, 5.41) is 6.70. The smallest absolute Gasteiger partial charge is 0.238 e. The molecule has 0 bridgehead atoms. The third kappa shape index (κ3) is 4.14. The highest BCUT2D eigenvalue weighted by atomic mass is 16.3. The lowest BCUT2D eigenvalue weighted by Gasteiger charge is -2.12. The summed E-state index contributed by atoms with van der Waals surface area (Å²) in [6.45, 7) is 0. The SMILES string of the molecule is c1ccc(-c2nc(-c3ccc4c5ccccc5n(-c5ccccc5)c4c3)nc(-n3c4ccccc4c4ccc5oc6ccccc6c5c43)n2)cc1. The summed E-state index contributed by atoms with van der Waals surface area (Å²) >= 11 is 0. The molecule has 51 heavy (non-hydrogen) atoms. The quantitative estimate of drug-likeness (QED) is 0.190. The highest BCUT2D eigenvalue weighted by Crippen LogP contribution is 2.41. The van der Waals surface area contributed by atoms with Gasteiger partial charge in [0.15, 0.2) is 11.6 Å². The molecule has 11 aromatic rings. The van der Waals surface area contributed by atoms with Crippen LogP contribution in [0.25, 0.3) is 100.0 Å². The second-order valence-corrected chi connectivity index (χ2v) is 12.9. The average molecular weight is 654 g/mol. The second kappa shape index (κ2) is 10.7. The van der Waals surface area contributed by atoms with Crippen molar-refractivity contribution < 1.29 is 4.42 Å². The standard InChI is InChI=1S/C45H27N5O/c1-3-13-28(14-4-1)43-46-44(29-23-24-33-31-17-7-10-20-36(31)49(38(33)27-29)30-15-5-2-6-16-30)48-45(47-43)50-37-21-11-8-18-32(37)34-25-26-40-41(42(34)50)35-19-9-12-22-39(35)51-40/h1-27H. The molecule has 0 fully saturated rings. The van der Waals surface area contributed by atoms with Crippen LogP contribution >= 0.6 is 0 Å². The van der Waals surface area contributed by atoms with Gasteiger partial charge in [-0.1, -0.05) is 115 Å². The fourth-order valence-electron chi connectivity index (χ4n) is 7.75. The molecule has 0 N–H and O–H groups in total. The maximum Gasteiger partial charge on any atom is 0.238 e. The molecule has 7 aromatic carbocycles. The van der Waals surface area contributed by atoms with Crippen LogP contribution in [0.2, 0.25) is 0 Å². The third-order valence-electron chi connectivity index (χ3n) is 9.98. The van der Waals surface area contributed by atoms with Gasteiger partial charge < -0.3 is 8.98 Å². The number of hydrogen-bond donors (Lipinski definition) is 0. The molecule has 4 heterocycles. The maximum absolute atomic E-state index is 6.38. The first kappa shape index (κ1) is 27.9. The van der Waals surface area contributed by atoms with Gasteiger partial charge in [-0.25, -0.2) is 4.98 Å². The Morgan fingerprint density at radius 2 is 0.980 bits per heavy atom. The maximum atomic E-state index is 6.38. The van der Waals surface area contributed by atoms with E-state index in [4.69, 9.17) is 19.4 Å². The van der Waals surface area contributed by atoms with Gasteiger partial charge in [-0.05, 0) is 48.5 Å². The normalized spacial score (nSPS) is 11.9. The summed E-state index contributed by atoms with van der Waals surface area (Å²) in [6.07, 6.45) is 0. The number of hydrogen-bond acceptors (Lipinski definition) is 4. The zero-order chi connectivity index (χ0) is 33.5. The molecule has 6 nitrogen and oxygen atoms in total. The number of fused-ring (bicyclic) bond motifs is 10. The highest BCUT2D eigenvalue weighted by Gasteiger charge is 2.22. The van der Waals surface area contributed by atoms with Crippen LogP contribution in [0.15, 0.2) is 168 Å². The Morgan fingerprint density at radius 3 is 1.76 bits per heavy atom. The predicted molar refractivity (Wildman–Crippen MR) is 207 cm³/mol. The summed E-state index contributed by atoms with van der Waals surface area (Å²) in [7, 11) is 0. The monoisotopic (exact) mass is 653 g/mol. The zero-order valence-electron chi connectivity index (χ0n) is 27.2. The Kier molecular flexibility index (Phi) is 5.86. The molecule has 0 amide bonds. The Morgan fingerprint density at radius 1 is 0.392 bits per heavy atom. The number of aromatic nitrogens is 5. The summed E-state index contributed by atoms with van der Waals surface area (Å²) in [4.78, 5) is 15.7. The number of para-hydroxylation sites is 4. The molecule has 0 aliphatic heterocycles. The van der Waals surface area contributed by atoms with Crippen LogP contribution in [0, 0.1) is 0 Å². The third-order valence-corrected chi connectivity index (χ3v) is 9.98. The minimum absolute atomic E-state index is 0.548. The van der Waals surface area contributed by atoms with Crippen LogP contribution in [0.3, 0.4) is 0 Å². The number of furan rings is 1. The first-order valence-corrected chi connectivity index (χ1v) is 17.0. The van der Waals surface area contributed by atoms with E-state index in [9.17, 15) is 0 Å². The molecule has 11 rings (SSSR count). The number of rotatable bonds is 4. The van der Waals surface area contributed by atoms with Gasteiger partial charge in [-0.2, -0.15) is 9.97 Å². The van der Waals surface area contributed by atoms with E-state index in [1.807, 2.05) is 42.5 Å². The van der Waals surface area contributed by atoms with Gasteiger partial charge in [0.25, 0.3) is 0 Å². The lowest BCUT2D eigenvalue weighted by Crippen LogP contribution is -2.06. The van der Waals surface area contributed by atoms with E-state index in [0.29, 0.717) is 17.6 Å². The van der Waals surface area contributed by atoms with Crippen molar-refractivity contribution in [3.63, 3.8) is 0 Å². The Labute approximate surface area is 291 Å². The van der Waals surface area contributed by atoms with Crippen molar-refractivity contribution in [3.8, 4) is 34.4 Å². The molecule has 0 aliphatic carbocycles. The fourth-order valence-corrected chi connectivity index (χ4v) is 7.75. The largest absolute Gasteiger partial charge is 0.456 e. The molecule has 0 saturated carbocycles. The number of nitrogens with zero attached hydrogens (tertiary/aromatic N) is 5. The minimum atomic E-state index is 0.548. The van der Waals surface area contributed by atoms with E-state index in [2.05, 4.69) is 130 Å². The van der Waals surface area contributed by atoms with E-state index >= 15 is 0 Å². The van der Waals surface area contributed by atoms with E-state index in [1.54, 1.807) is 0 Å². The van der Waals surface area contributed by atoms with Crippen LogP contribution < -0.4 is 0 Å². The van der Waals surface area contributed by atoms with Crippen molar-refractivity contribution in [2.75, 3.05) is 0 Å². The van der Waals surface area contributed by atoms with E-state index in [0.717, 1.165) is 71.6 Å². The van der Waals surface area contributed by atoms with Crippen LogP contribution in [0.5, 0.6) is 0 Å². The zero-order valence-corrected chi connectivity index (χ0v) is 27.2. The van der Waals surface area contributed by atoms with Gasteiger partial charge in [0.05, 0.1) is 27.5 Å². The summed E-state index contributed by atoms with van der Waals surface area (Å²) in [6, 6.07) is 56.6. The molecule has 0 saturated heterocycles. The molecular weight excluding hydrogens is 627 g/mol. The Hall–Kier alpha value is -7.05. The molecule has 4 aromatic heterocycles. The lowest BCUT2D eigenvalue weighted by molar-refractivity contribution is 0.669. The van der Waals surface area contributed by atoms with Crippen LogP contribution in [-0.4, -0.2) is 24.1 Å². The van der Waals surface area contributed by atoms with Gasteiger partial charge in [0.1, 0.15) is 11.2 Å². The highest BCUT2D eigenvalue weighted by molar-refractivity contribution is 6.24. The molecule has 0 radical (unpaired) electrons. The summed E-state index contributed by atoms with van der Waals surface area (Å²) < 4.78 is 10.9. The van der Waals surface area contributed by atoms with Gasteiger partial charge in [-0.3, -0.25) is 4.57 Å². The molecular formula is C45H27N5O. The second-order valence-electron chi connectivity index (χ2n) is 12.9. The van der Waals surface area contributed by atoms with Crippen LogP contribution in [0.4, 0.5) is 0 Å². The van der Waals surface area contributed by atoms with Crippen molar-refractivity contribution in [2.24, 2.45) is 0 Å². The van der Waals surface area contributed by atoms with Gasteiger partial charge in [0.2, 0.25) is 5.95 Å². The molecule has 6 heteroatoms. The van der Waals surface area contributed by atoms with Crippen molar-refractivity contribution in [1.29, 1.82) is 0 Å². The first-order chi connectivity index (χ1) is 25.3. The van der Waals surface area contributed by atoms with E-state index < -0.39 is 0 Å². The predicted octanol–water partition coefficient (Wildman–Crippen LogP) is 11.3. The van der Waals surface area contributed by atoms with Crippen molar-refractivity contribution >= 4 is 65.6 Å². The molecule has 0 spiro atoms. The summed E-state index contributed by atoms with van der Waals surface area (Å²) in [5.41, 5.74) is 8.86. The van der Waals surface area contributed by atoms with E-state index in [-0.39, 0.29) is 0 Å². The fraction of sp³-hybridized carbons (Fsp3) is 0. The van der Waals surface area contributed by atoms with Crippen LogP contribution in [-0.2, 0) is 0 Å². The van der Waals surface area contributed by atoms with Gasteiger partial charge >= 0.3 is 0 Å². The van der Waals surface area contributed by atoms with Gasteiger partial charge in [-0.15, -0.1) is 0 Å².